The second kappa shape index (κ2) is 4.94. The lowest BCUT2D eigenvalue weighted by Crippen LogP contribution is -2.49. The molecule has 2 aliphatic rings. The maximum absolute atomic E-state index is 11.5. The Balaban J connectivity index is 1.70. The predicted molar refractivity (Wildman–Crippen MR) is 72.0 cm³/mol. The third-order valence-corrected chi connectivity index (χ3v) is 4.11. The van der Waals surface area contributed by atoms with Crippen LogP contribution in [0.5, 0.6) is 0 Å². The standard InChI is InChI=1S/C15H19NO3/c17-12-14(16-13-4-2-1-3-5-13)6-8-15(9-7-14)18-10-11-19-15/h1-5,12,16H,6-11H2. The molecule has 1 N–H and O–H groups in total. The van der Waals surface area contributed by atoms with E-state index in [4.69, 9.17) is 9.47 Å². The quantitative estimate of drug-likeness (QED) is 0.848. The van der Waals surface area contributed by atoms with Gasteiger partial charge >= 0.3 is 0 Å². The van der Waals surface area contributed by atoms with Gasteiger partial charge in [0.05, 0.1) is 18.8 Å². The summed E-state index contributed by atoms with van der Waals surface area (Å²) in [7, 11) is 0. The summed E-state index contributed by atoms with van der Waals surface area (Å²) in [5, 5.41) is 3.37. The van der Waals surface area contributed by atoms with Gasteiger partial charge in [-0.25, -0.2) is 0 Å². The lowest BCUT2D eigenvalue weighted by atomic mass is 9.79. The molecule has 1 saturated carbocycles. The molecule has 2 fully saturated rings. The lowest BCUT2D eigenvalue weighted by molar-refractivity contribution is -0.182. The van der Waals surface area contributed by atoms with Gasteiger partial charge in [-0.1, -0.05) is 18.2 Å². The van der Waals surface area contributed by atoms with Crippen molar-refractivity contribution in [3.63, 3.8) is 0 Å². The van der Waals surface area contributed by atoms with Gasteiger partial charge in [-0.15, -0.1) is 0 Å². The zero-order valence-electron chi connectivity index (χ0n) is 10.9. The molecule has 0 unspecified atom stereocenters. The number of anilines is 1. The minimum atomic E-state index is -0.484. The Morgan fingerprint density at radius 2 is 1.63 bits per heavy atom. The second-order valence-corrected chi connectivity index (χ2v) is 5.37. The number of hydrogen-bond donors (Lipinski definition) is 1. The van der Waals surface area contributed by atoms with Crippen molar-refractivity contribution in [2.75, 3.05) is 18.5 Å². The summed E-state index contributed by atoms with van der Waals surface area (Å²) in [6, 6.07) is 9.87. The minimum Gasteiger partial charge on any atom is -0.373 e. The SMILES string of the molecule is O=CC1(Nc2ccccc2)CCC2(CC1)OCCO2. The van der Waals surface area contributed by atoms with Gasteiger partial charge in [-0.2, -0.15) is 0 Å². The smallest absolute Gasteiger partial charge is 0.168 e. The highest BCUT2D eigenvalue weighted by molar-refractivity contribution is 5.71. The van der Waals surface area contributed by atoms with Crippen LogP contribution in [0.3, 0.4) is 0 Å². The highest BCUT2D eigenvalue weighted by Crippen LogP contribution is 2.40. The van der Waals surface area contributed by atoms with E-state index in [9.17, 15) is 4.79 Å². The van der Waals surface area contributed by atoms with Gasteiger partial charge in [0.25, 0.3) is 0 Å². The largest absolute Gasteiger partial charge is 0.373 e. The Labute approximate surface area is 113 Å². The van der Waals surface area contributed by atoms with Gasteiger partial charge in [0.1, 0.15) is 6.29 Å². The number of benzene rings is 1. The van der Waals surface area contributed by atoms with E-state index in [0.29, 0.717) is 13.2 Å². The monoisotopic (exact) mass is 261 g/mol. The molecule has 1 aliphatic carbocycles. The van der Waals surface area contributed by atoms with E-state index in [1.54, 1.807) is 0 Å². The number of carbonyl (C=O) groups is 1. The van der Waals surface area contributed by atoms with Crippen LogP contribution in [0.4, 0.5) is 5.69 Å². The van der Waals surface area contributed by atoms with Crippen molar-refractivity contribution in [2.45, 2.75) is 37.0 Å². The van der Waals surface area contributed by atoms with Gasteiger partial charge in [0.2, 0.25) is 0 Å². The third-order valence-electron chi connectivity index (χ3n) is 4.11. The van der Waals surface area contributed by atoms with Crippen LogP contribution >= 0.6 is 0 Å². The molecule has 0 bridgehead atoms. The average molecular weight is 261 g/mol. The first-order valence-corrected chi connectivity index (χ1v) is 6.83. The van der Waals surface area contributed by atoms with E-state index < -0.39 is 11.3 Å². The molecule has 4 nitrogen and oxygen atoms in total. The first kappa shape index (κ1) is 12.6. The molecule has 1 heterocycles. The summed E-state index contributed by atoms with van der Waals surface area (Å²) >= 11 is 0. The lowest BCUT2D eigenvalue weighted by Gasteiger charge is -2.41. The molecule has 0 radical (unpaired) electrons. The third kappa shape index (κ3) is 2.51. The number of carbonyl (C=O) groups excluding carboxylic acids is 1. The number of hydrogen-bond acceptors (Lipinski definition) is 4. The van der Waals surface area contributed by atoms with Crippen molar-refractivity contribution in [1.29, 1.82) is 0 Å². The summed E-state index contributed by atoms with van der Waals surface area (Å²) in [4.78, 5) is 11.5. The van der Waals surface area contributed by atoms with Gasteiger partial charge in [0, 0.05) is 18.5 Å². The number of ether oxygens (including phenoxy) is 2. The molecule has 4 heteroatoms. The molecule has 3 rings (SSSR count). The molecule has 0 atom stereocenters. The van der Waals surface area contributed by atoms with E-state index >= 15 is 0 Å². The van der Waals surface area contributed by atoms with Crippen LogP contribution in [0.2, 0.25) is 0 Å². The van der Waals surface area contributed by atoms with E-state index in [0.717, 1.165) is 37.7 Å². The fraction of sp³-hybridized carbons (Fsp3) is 0.533. The number of aldehydes is 1. The summed E-state index contributed by atoms with van der Waals surface area (Å²) in [5.41, 5.74) is 0.501. The minimum absolute atomic E-state index is 0.426. The Morgan fingerprint density at radius 3 is 2.21 bits per heavy atom. The summed E-state index contributed by atoms with van der Waals surface area (Å²) < 4.78 is 11.4. The molecule has 1 aromatic rings. The maximum atomic E-state index is 11.5. The maximum Gasteiger partial charge on any atom is 0.168 e. The van der Waals surface area contributed by atoms with E-state index in [1.165, 1.54) is 0 Å². The molecule has 1 aliphatic heterocycles. The Hall–Kier alpha value is -1.39. The summed E-state index contributed by atoms with van der Waals surface area (Å²) in [5.74, 6) is -0.426. The number of para-hydroxylation sites is 1. The van der Waals surface area contributed by atoms with Crippen molar-refractivity contribution in [2.24, 2.45) is 0 Å². The predicted octanol–water partition coefficient (Wildman–Crippen LogP) is 2.35. The molecule has 1 aromatic carbocycles. The van der Waals surface area contributed by atoms with Crippen molar-refractivity contribution in [1.82, 2.24) is 0 Å². The molecule has 102 valence electrons. The Morgan fingerprint density at radius 1 is 1.00 bits per heavy atom. The molecule has 19 heavy (non-hydrogen) atoms. The number of rotatable bonds is 3. The summed E-state index contributed by atoms with van der Waals surface area (Å²) in [6.45, 7) is 1.33. The molecule has 0 amide bonds. The topological polar surface area (TPSA) is 47.6 Å². The highest BCUT2D eigenvalue weighted by Gasteiger charge is 2.46. The van der Waals surface area contributed by atoms with Gasteiger partial charge < -0.3 is 19.6 Å². The summed E-state index contributed by atoms with van der Waals surface area (Å²) in [6.07, 6.45) is 4.07. The van der Waals surface area contributed by atoms with Crippen molar-refractivity contribution < 1.29 is 14.3 Å². The van der Waals surface area contributed by atoms with Crippen LogP contribution in [-0.4, -0.2) is 30.8 Å². The van der Waals surface area contributed by atoms with Crippen molar-refractivity contribution >= 4 is 12.0 Å². The zero-order chi connectivity index (χ0) is 13.2. The van der Waals surface area contributed by atoms with E-state index in [1.807, 2.05) is 30.3 Å². The first-order valence-electron chi connectivity index (χ1n) is 6.83. The van der Waals surface area contributed by atoms with Crippen LogP contribution in [0.15, 0.2) is 30.3 Å². The van der Waals surface area contributed by atoms with Crippen molar-refractivity contribution in [3.8, 4) is 0 Å². The van der Waals surface area contributed by atoms with Gasteiger partial charge in [-0.05, 0) is 25.0 Å². The molecule has 1 spiro atoms. The molecular weight excluding hydrogens is 242 g/mol. The first-order chi connectivity index (χ1) is 9.26. The van der Waals surface area contributed by atoms with Gasteiger partial charge in [0.15, 0.2) is 5.79 Å². The van der Waals surface area contributed by atoms with E-state index in [-0.39, 0.29) is 0 Å². The van der Waals surface area contributed by atoms with Gasteiger partial charge in [-0.3, -0.25) is 0 Å². The van der Waals surface area contributed by atoms with Crippen LogP contribution in [-0.2, 0) is 14.3 Å². The number of nitrogens with one attached hydrogen (secondary N) is 1. The average Bonchev–Trinajstić information content (AvgIpc) is 2.92. The second-order valence-electron chi connectivity index (χ2n) is 5.37. The fourth-order valence-electron chi connectivity index (χ4n) is 2.94. The van der Waals surface area contributed by atoms with Crippen molar-refractivity contribution in [3.05, 3.63) is 30.3 Å². The normalized spacial score (nSPS) is 24.2. The van der Waals surface area contributed by atoms with Crippen LogP contribution in [0.1, 0.15) is 25.7 Å². The van der Waals surface area contributed by atoms with Crippen LogP contribution in [0, 0.1) is 0 Å². The van der Waals surface area contributed by atoms with E-state index in [2.05, 4.69) is 5.32 Å². The molecule has 1 saturated heterocycles. The van der Waals surface area contributed by atoms with Crippen LogP contribution in [0.25, 0.3) is 0 Å². The Bertz CT molecular complexity index is 430. The Kier molecular flexibility index (Phi) is 3.29. The molecular formula is C15H19NO3. The highest BCUT2D eigenvalue weighted by atomic mass is 16.7. The zero-order valence-corrected chi connectivity index (χ0v) is 10.9. The fourth-order valence-corrected chi connectivity index (χ4v) is 2.94. The van der Waals surface area contributed by atoms with Crippen LogP contribution < -0.4 is 5.32 Å². The molecule has 0 aromatic heterocycles.